The lowest BCUT2D eigenvalue weighted by molar-refractivity contribution is 0.102. The van der Waals surface area contributed by atoms with Gasteiger partial charge >= 0.3 is 0 Å². The number of carbonyl (C=O) groups excluding carboxylic acids is 1. The van der Waals surface area contributed by atoms with Crippen LogP contribution in [0, 0.1) is 12.8 Å². The van der Waals surface area contributed by atoms with Crippen molar-refractivity contribution >= 4 is 11.6 Å². The minimum atomic E-state index is -0.115. The minimum absolute atomic E-state index is 0.115. The number of carbonyl (C=O) groups is 1. The van der Waals surface area contributed by atoms with Crippen molar-refractivity contribution in [2.24, 2.45) is 5.92 Å². The van der Waals surface area contributed by atoms with E-state index in [0.717, 1.165) is 17.0 Å². The van der Waals surface area contributed by atoms with E-state index in [1.165, 1.54) is 0 Å². The molecule has 3 nitrogen and oxygen atoms in total. The van der Waals surface area contributed by atoms with E-state index in [1.54, 1.807) is 12.1 Å². The number of aryl methyl sites for hydroxylation is 1. The molecule has 0 saturated carbocycles. The topological polar surface area (TPSA) is 38.3 Å². The number of hydrogen-bond acceptors (Lipinski definition) is 2. The molecule has 0 radical (unpaired) electrons. The van der Waals surface area contributed by atoms with Crippen LogP contribution >= 0.6 is 0 Å². The van der Waals surface area contributed by atoms with Crippen molar-refractivity contribution in [3.05, 3.63) is 59.7 Å². The Labute approximate surface area is 126 Å². The zero-order valence-electron chi connectivity index (χ0n) is 12.7. The molecule has 2 aromatic rings. The van der Waals surface area contributed by atoms with E-state index in [0.29, 0.717) is 18.1 Å². The van der Waals surface area contributed by atoms with Gasteiger partial charge in [0.25, 0.3) is 5.91 Å². The Morgan fingerprint density at radius 1 is 1.14 bits per heavy atom. The summed E-state index contributed by atoms with van der Waals surface area (Å²) in [7, 11) is 0. The van der Waals surface area contributed by atoms with Crippen molar-refractivity contribution in [3.8, 4) is 5.75 Å². The molecule has 0 aliphatic heterocycles. The first-order chi connectivity index (χ1) is 10.0. The van der Waals surface area contributed by atoms with Gasteiger partial charge in [-0.2, -0.15) is 0 Å². The second-order valence-electron chi connectivity index (χ2n) is 5.55. The lowest BCUT2D eigenvalue weighted by Gasteiger charge is -2.09. The Morgan fingerprint density at radius 2 is 1.86 bits per heavy atom. The number of anilines is 1. The van der Waals surface area contributed by atoms with Crippen LogP contribution in [0.4, 0.5) is 5.69 Å². The van der Waals surface area contributed by atoms with Crippen LogP contribution in [0.5, 0.6) is 5.75 Å². The molecule has 3 heteroatoms. The van der Waals surface area contributed by atoms with Gasteiger partial charge in [0.15, 0.2) is 0 Å². The molecule has 0 unspecified atom stereocenters. The Balaban J connectivity index is 1.99. The van der Waals surface area contributed by atoms with E-state index in [4.69, 9.17) is 4.74 Å². The molecule has 1 N–H and O–H groups in total. The molecule has 110 valence electrons. The number of ether oxygens (including phenoxy) is 1. The molecular weight excluding hydrogens is 262 g/mol. The molecule has 0 heterocycles. The average molecular weight is 283 g/mol. The fourth-order valence-corrected chi connectivity index (χ4v) is 1.89. The first-order valence-corrected chi connectivity index (χ1v) is 7.15. The van der Waals surface area contributed by atoms with E-state index in [1.807, 2.05) is 43.3 Å². The summed E-state index contributed by atoms with van der Waals surface area (Å²) in [5.41, 5.74) is 2.54. The summed E-state index contributed by atoms with van der Waals surface area (Å²) in [6, 6.07) is 15.0. The molecule has 2 aromatic carbocycles. The monoisotopic (exact) mass is 283 g/mol. The quantitative estimate of drug-likeness (QED) is 0.889. The number of benzene rings is 2. The molecule has 2 rings (SSSR count). The van der Waals surface area contributed by atoms with E-state index in [-0.39, 0.29) is 5.91 Å². The van der Waals surface area contributed by atoms with Crippen LogP contribution in [0.25, 0.3) is 0 Å². The third kappa shape index (κ3) is 4.63. The normalized spacial score (nSPS) is 10.5. The van der Waals surface area contributed by atoms with Crippen molar-refractivity contribution in [2.75, 3.05) is 11.9 Å². The SMILES string of the molecule is Cc1cccc(NC(=O)c2ccc(OCC(C)C)cc2)c1. The van der Waals surface area contributed by atoms with Crippen LogP contribution in [0.2, 0.25) is 0 Å². The van der Waals surface area contributed by atoms with Gasteiger partial charge in [0.1, 0.15) is 5.75 Å². The first kappa shape index (κ1) is 15.1. The number of rotatable bonds is 5. The standard InChI is InChI=1S/C18H21NO2/c1-13(2)12-21-17-9-7-15(8-10-17)18(20)19-16-6-4-5-14(3)11-16/h4-11,13H,12H2,1-3H3,(H,19,20). The molecule has 0 atom stereocenters. The van der Waals surface area contributed by atoms with Crippen LogP contribution in [-0.4, -0.2) is 12.5 Å². The minimum Gasteiger partial charge on any atom is -0.493 e. The summed E-state index contributed by atoms with van der Waals surface area (Å²) >= 11 is 0. The zero-order valence-corrected chi connectivity index (χ0v) is 12.7. The number of nitrogens with one attached hydrogen (secondary N) is 1. The Kier molecular flexibility index (Phi) is 4.99. The van der Waals surface area contributed by atoms with Gasteiger partial charge in [0.2, 0.25) is 0 Å². The van der Waals surface area contributed by atoms with Crippen LogP contribution in [0.15, 0.2) is 48.5 Å². The summed E-state index contributed by atoms with van der Waals surface area (Å²) in [6.07, 6.45) is 0. The van der Waals surface area contributed by atoms with Crippen LogP contribution in [-0.2, 0) is 0 Å². The van der Waals surface area contributed by atoms with Crippen LogP contribution in [0.1, 0.15) is 29.8 Å². The van der Waals surface area contributed by atoms with E-state index in [2.05, 4.69) is 19.2 Å². The highest BCUT2D eigenvalue weighted by atomic mass is 16.5. The van der Waals surface area contributed by atoms with Crippen molar-refractivity contribution in [1.82, 2.24) is 0 Å². The fourth-order valence-electron chi connectivity index (χ4n) is 1.89. The van der Waals surface area contributed by atoms with Gasteiger partial charge in [-0.15, -0.1) is 0 Å². The molecule has 0 saturated heterocycles. The Bertz CT molecular complexity index is 603. The highest BCUT2D eigenvalue weighted by Crippen LogP contribution is 2.15. The van der Waals surface area contributed by atoms with E-state index < -0.39 is 0 Å². The molecule has 0 aliphatic rings. The molecule has 0 aliphatic carbocycles. The summed E-state index contributed by atoms with van der Waals surface area (Å²) in [6.45, 7) is 6.87. The lowest BCUT2D eigenvalue weighted by Crippen LogP contribution is -2.12. The summed E-state index contributed by atoms with van der Waals surface area (Å²) in [4.78, 5) is 12.2. The summed E-state index contributed by atoms with van der Waals surface area (Å²) in [5, 5.41) is 2.89. The van der Waals surface area contributed by atoms with Gasteiger partial charge in [-0.1, -0.05) is 26.0 Å². The Hall–Kier alpha value is -2.29. The maximum atomic E-state index is 12.2. The Morgan fingerprint density at radius 3 is 2.48 bits per heavy atom. The molecule has 21 heavy (non-hydrogen) atoms. The van der Waals surface area contributed by atoms with Crippen molar-refractivity contribution in [1.29, 1.82) is 0 Å². The maximum absolute atomic E-state index is 12.2. The number of amides is 1. The van der Waals surface area contributed by atoms with Gasteiger partial charge in [0.05, 0.1) is 6.61 Å². The van der Waals surface area contributed by atoms with Gasteiger partial charge in [-0.25, -0.2) is 0 Å². The smallest absolute Gasteiger partial charge is 0.255 e. The number of hydrogen-bond donors (Lipinski definition) is 1. The highest BCUT2D eigenvalue weighted by molar-refractivity contribution is 6.04. The zero-order chi connectivity index (χ0) is 15.2. The van der Waals surface area contributed by atoms with E-state index >= 15 is 0 Å². The van der Waals surface area contributed by atoms with Gasteiger partial charge in [0, 0.05) is 11.3 Å². The predicted molar refractivity (Wildman–Crippen MR) is 85.9 cm³/mol. The van der Waals surface area contributed by atoms with Crippen LogP contribution < -0.4 is 10.1 Å². The molecule has 0 spiro atoms. The van der Waals surface area contributed by atoms with Crippen molar-refractivity contribution < 1.29 is 9.53 Å². The lowest BCUT2D eigenvalue weighted by atomic mass is 10.2. The summed E-state index contributed by atoms with van der Waals surface area (Å²) in [5.74, 6) is 1.15. The largest absolute Gasteiger partial charge is 0.493 e. The maximum Gasteiger partial charge on any atom is 0.255 e. The molecule has 1 amide bonds. The third-order valence-corrected chi connectivity index (χ3v) is 2.98. The molecular formula is C18H21NO2. The summed E-state index contributed by atoms with van der Waals surface area (Å²) < 4.78 is 5.60. The fraction of sp³-hybridized carbons (Fsp3) is 0.278. The molecule has 0 fully saturated rings. The van der Waals surface area contributed by atoms with Gasteiger partial charge < -0.3 is 10.1 Å². The average Bonchev–Trinajstić information content (AvgIpc) is 2.45. The van der Waals surface area contributed by atoms with Crippen molar-refractivity contribution in [2.45, 2.75) is 20.8 Å². The second-order valence-corrected chi connectivity index (χ2v) is 5.55. The second kappa shape index (κ2) is 6.93. The third-order valence-electron chi connectivity index (χ3n) is 2.98. The van der Waals surface area contributed by atoms with E-state index in [9.17, 15) is 4.79 Å². The molecule has 0 bridgehead atoms. The van der Waals surface area contributed by atoms with Crippen LogP contribution in [0.3, 0.4) is 0 Å². The van der Waals surface area contributed by atoms with Crippen molar-refractivity contribution in [3.63, 3.8) is 0 Å². The predicted octanol–water partition coefficient (Wildman–Crippen LogP) is 4.28. The molecule has 0 aromatic heterocycles. The highest BCUT2D eigenvalue weighted by Gasteiger charge is 2.06. The van der Waals surface area contributed by atoms with Gasteiger partial charge in [-0.3, -0.25) is 4.79 Å². The van der Waals surface area contributed by atoms with Gasteiger partial charge in [-0.05, 0) is 54.8 Å². The first-order valence-electron chi connectivity index (χ1n) is 7.15.